The smallest absolute Gasteiger partial charge is 0.230 e. The summed E-state index contributed by atoms with van der Waals surface area (Å²) in [5, 5.41) is 9.99. The van der Waals surface area contributed by atoms with Crippen LogP contribution in [0.3, 0.4) is 0 Å². The maximum Gasteiger partial charge on any atom is 0.230 e. The van der Waals surface area contributed by atoms with E-state index in [0.717, 1.165) is 24.0 Å². The van der Waals surface area contributed by atoms with Crippen LogP contribution >= 0.6 is 11.8 Å². The number of hydrogen-bond donors (Lipinski definition) is 3. The maximum atomic E-state index is 13.4. The number of fused-ring (bicyclic) bond motifs is 3. The number of thioether (sulfide) groups is 1. The van der Waals surface area contributed by atoms with Gasteiger partial charge in [-0.15, -0.1) is 11.8 Å². The molecule has 0 radical (unpaired) electrons. The molecule has 4 atom stereocenters. The Morgan fingerprint density at radius 2 is 1.61 bits per heavy atom. The summed E-state index contributed by atoms with van der Waals surface area (Å²) in [7, 11) is 0. The number of benzene rings is 3. The maximum absolute atomic E-state index is 13.4. The minimum atomic E-state index is -0.330. The number of nitrogens with one attached hydrogen (secondary N) is 3. The molecule has 0 bridgehead atoms. The average Bonchev–Trinajstić information content (AvgIpc) is 2.91. The lowest BCUT2D eigenvalue weighted by molar-refractivity contribution is -0.134. The largest absolute Gasteiger partial charge is 0.344 e. The van der Waals surface area contributed by atoms with Gasteiger partial charge in [0.2, 0.25) is 11.8 Å². The SMILES string of the molecule is CCC1(C)Cc2ccccc2C2NC(SCC(=O)NC(c3ccccc3)c3ccccc3)NC(=O)C21. The number of carbonyl (C=O) groups excluding carboxylic acids is 2. The van der Waals surface area contributed by atoms with Crippen molar-refractivity contribution in [3.63, 3.8) is 0 Å². The predicted octanol–water partition coefficient (Wildman–Crippen LogP) is 4.96. The third-order valence-electron chi connectivity index (χ3n) is 7.72. The van der Waals surface area contributed by atoms with Gasteiger partial charge in [0, 0.05) is 6.04 Å². The van der Waals surface area contributed by atoms with E-state index >= 15 is 0 Å². The van der Waals surface area contributed by atoms with Crippen molar-refractivity contribution in [2.45, 2.75) is 44.3 Å². The van der Waals surface area contributed by atoms with Crippen molar-refractivity contribution in [3.8, 4) is 0 Å². The van der Waals surface area contributed by atoms with Crippen LogP contribution in [0.4, 0.5) is 0 Å². The lowest BCUT2D eigenvalue weighted by atomic mass is 9.61. The van der Waals surface area contributed by atoms with Gasteiger partial charge in [0.05, 0.1) is 17.7 Å². The van der Waals surface area contributed by atoms with E-state index in [1.807, 2.05) is 66.7 Å². The van der Waals surface area contributed by atoms with E-state index in [9.17, 15) is 9.59 Å². The van der Waals surface area contributed by atoms with E-state index in [-0.39, 0.29) is 46.5 Å². The molecule has 3 aromatic carbocycles. The van der Waals surface area contributed by atoms with Crippen LogP contribution in [0.5, 0.6) is 0 Å². The zero-order valence-corrected chi connectivity index (χ0v) is 21.6. The summed E-state index contributed by atoms with van der Waals surface area (Å²) in [5.74, 6) is 0.0990. The Bertz CT molecular complexity index is 1180. The minimum Gasteiger partial charge on any atom is -0.344 e. The lowest BCUT2D eigenvalue weighted by Crippen LogP contribution is -2.61. The molecule has 2 amide bonds. The molecule has 1 aliphatic heterocycles. The molecule has 1 fully saturated rings. The van der Waals surface area contributed by atoms with Crippen molar-refractivity contribution < 1.29 is 9.59 Å². The second-order valence-corrected chi connectivity index (χ2v) is 11.1. The fourth-order valence-electron chi connectivity index (χ4n) is 5.65. The van der Waals surface area contributed by atoms with Crippen molar-refractivity contribution in [2.75, 3.05) is 5.75 Å². The normalized spacial score (nSPS) is 25.0. The summed E-state index contributed by atoms with van der Waals surface area (Å²) in [6, 6.07) is 28.1. The molecule has 2 aliphatic rings. The van der Waals surface area contributed by atoms with Gasteiger partial charge in [-0.25, -0.2) is 0 Å². The van der Waals surface area contributed by atoms with E-state index < -0.39 is 0 Å². The highest BCUT2D eigenvalue weighted by Gasteiger charge is 2.50. The van der Waals surface area contributed by atoms with Crippen molar-refractivity contribution >= 4 is 23.6 Å². The molecule has 1 saturated heterocycles. The summed E-state index contributed by atoms with van der Waals surface area (Å²) in [4.78, 5) is 26.4. The Morgan fingerprint density at radius 3 is 2.25 bits per heavy atom. The second kappa shape index (κ2) is 10.5. The molecule has 6 heteroatoms. The molecule has 36 heavy (non-hydrogen) atoms. The van der Waals surface area contributed by atoms with Crippen LogP contribution < -0.4 is 16.0 Å². The van der Waals surface area contributed by atoms with Crippen molar-refractivity contribution in [1.82, 2.24) is 16.0 Å². The first-order valence-electron chi connectivity index (χ1n) is 12.6. The van der Waals surface area contributed by atoms with Crippen LogP contribution in [0, 0.1) is 11.3 Å². The first kappa shape index (κ1) is 24.6. The van der Waals surface area contributed by atoms with Crippen molar-refractivity contribution in [2.24, 2.45) is 11.3 Å². The van der Waals surface area contributed by atoms with Gasteiger partial charge < -0.3 is 10.6 Å². The van der Waals surface area contributed by atoms with Crippen LogP contribution in [0.2, 0.25) is 0 Å². The first-order valence-corrected chi connectivity index (χ1v) is 13.7. The summed E-state index contributed by atoms with van der Waals surface area (Å²) >= 11 is 1.42. The van der Waals surface area contributed by atoms with Gasteiger partial charge in [-0.05, 0) is 40.5 Å². The molecule has 0 aromatic heterocycles. The highest BCUT2D eigenvalue weighted by atomic mass is 32.2. The average molecular weight is 500 g/mol. The number of carbonyl (C=O) groups is 2. The fraction of sp³-hybridized carbons (Fsp3) is 0.333. The second-order valence-electron chi connectivity index (χ2n) is 10.0. The fourth-order valence-corrected chi connectivity index (χ4v) is 6.49. The molecular formula is C30H33N3O2S. The molecule has 5 nitrogen and oxygen atoms in total. The van der Waals surface area contributed by atoms with Crippen LogP contribution in [-0.4, -0.2) is 23.1 Å². The topological polar surface area (TPSA) is 70.2 Å². The Kier molecular flexibility index (Phi) is 7.17. The van der Waals surface area contributed by atoms with E-state index in [1.54, 1.807) is 0 Å². The first-order chi connectivity index (χ1) is 17.5. The lowest BCUT2D eigenvalue weighted by Gasteiger charge is -2.50. The molecule has 0 saturated carbocycles. The van der Waals surface area contributed by atoms with Crippen molar-refractivity contribution in [3.05, 3.63) is 107 Å². The quantitative estimate of drug-likeness (QED) is 0.430. The number of rotatable bonds is 7. The van der Waals surface area contributed by atoms with Gasteiger partial charge in [-0.1, -0.05) is 98.8 Å². The molecule has 1 aliphatic carbocycles. The van der Waals surface area contributed by atoms with Crippen LogP contribution in [0.25, 0.3) is 0 Å². The van der Waals surface area contributed by atoms with Crippen molar-refractivity contribution in [1.29, 1.82) is 0 Å². The molecule has 3 N–H and O–H groups in total. The van der Waals surface area contributed by atoms with E-state index in [4.69, 9.17) is 0 Å². The highest BCUT2D eigenvalue weighted by Crippen LogP contribution is 2.49. The van der Waals surface area contributed by atoms with Gasteiger partial charge >= 0.3 is 0 Å². The molecule has 3 aromatic rings. The Labute approximate surface area is 217 Å². The summed E-state index contributed by atoms with van der Waals surface area (Å²) in [6.07, 6.45) is 1.83. The van der Waals surface area contributed by atoms with E-state index in [1.165, 1.54) is 22.9 Å². The monoisotopic (exact) mass is 499 g/mol. The van der Waals surface area contributed by atoms with E-state index in [2.05, 4.69) is 48.0 Å². The van der Waals surface area contributed by atoms with Gasteiger partial charge in [-0.3, -0.25) is 14.9 Å². The zero-order valence-electron chi connectivity index (χ0n) is 20.7. The molecular weight excluding hydrogens is 466 g/mol. The molecule has 0 spiro atoms. The Hall–Kier alpha value is -3.09. The summed E-state index contributed by atoms with van der Waals surface area (Å²) in [5.41, 5.74) is 4.13. The van der Waals surface area contributed by atoms with Gasteiger partial charge in [0.25, 0.3) is 0 Å². The standard InChI is InChI=1S/C30H33N3O2S/c1-3-30(2)18-22-16-10-11-17-23(22)27-25(30)28(35)33-29(32-27)36-19-24(34)31-26(20-12-6-4-7-13-20)21-14-8-5-9-15-21/h4-17,25-27,29,32H,3,18-19H2,1-2H3,(H,31,34)(H,33,35). The molecule has 4 unspecified atom stereocenters. The number of hydrogen-bond acceptors (Lipinski definition) is 4. The van der Waals surface area contributed by atoms with E-state index in [0.29, 0.717) is 0 Å². The van der Waals surface area contributed by atoms with Gasteiger partial charge in [0.15, 0.2) is 0 Å². The zero-order chi connectivity index (χ0) is 25.1. The summed E-state index contributed by atoms with van der Waals surface area (Å²) in [6.45, 7) is 4.38. The molecule has 5 rings (SSSR count). The predicted molar refractivity (Wildman–Crippen MR) is 145 cm³/mol. The van der Waals surface area contributed by atoms with Gasteiger partial charge in [-0.2, -0.15) is 0 Å². The Balaban J connectivity index is 1.29. The van der Waals surface area contributed by atoms with Gasteiger partial charge in [0.1, 0.15) is 5.50 Å². The highest BCUT2D eigenvalue weighted by molar-refractivity contribution is 8.00. The van der Waals surface area contributed by atoms with Crippen LogP contribution in [0.1, 0.15) is 54.6 Å². The number of amides is 2. The molecule has 186 valence electrons. The summed E-state index contributed by atoms with van der Waals surface area (Å²) < 4.78 is 0. The molecule has 1 heterocycles. The minimum absolute atomic E-state index is 0.0596. The van der Waals surface area contributed by atoms with Crippen LogP contribution in [-0.2, 0) is 16.0 Å². The third kappa shape index (κ3) is 4.93. The third-order valence-corrected chi connectivity index (χ3v) is 8.73. The Morgan fingerprint density at radius 1 is 1.00 bits per heavy atom. The van der Waals surface area contributed by atoms with Crippen LogP contribution in [0.15, 0.2) is 84.9 Å².